The smallest absolute Gasteiger partial charge is 0.159 e. The van der Waals surface area contributed by atoms with E-state index >= 15 is 0 Å². The maximum atomic E-state index is 6.42. The third-order valence-electron chi connectivity index (χ3n) is 4.68. The highest BCUT2D eigenvalue weighted by atomic mass is 35.5. The molecule has 4 nitrogen and oxygen atoms in total. The van der Waals surface area contributed by atoms with E-state index in [0.29, 0.717) is 16.3 Å². The number of aromatic nitrogens is 4. The van der Waals surface area contributed by atoms with E-state index in [2.05, 4.69) is 9.97 Å². The Hall–Kier alpha value is -3.63. The van der Waals surface area contributed by atoms with E-state index in [-0.39, 0.29) is 0 Å². The zero-order valence-electron chi connectivity index (χ0n) is 15.3. The van der Waals surface area contributed by atoms with Crippen molar-refractivity contribution in [2.75, 3.05) is 0 Å². The molecule has 0 fully saturated rings. The van der Waals surface area contributed by atoms with Crippen LogP contribution in [0.5, 0.6) is 0 Å². The molecule has 0 aliphatic rings. The van der Waals surface area contributed by atoms with Crippen LogP contribution in [0.4, 0.5) is 0 Å². The fourth-order valence-corrected chi connectivity index (χ4v) is 3.42. The van der Waals surface area contributed by atoms with Crippen LogP contribution >= 0.6 is 11.6 Å². The van der Waals surface area contributed by atoms with Gasteiger partial charge in [-0.25, -0.2) is 19.9 Å². The van der Waals surface area contributed by atoms with Crippen molar-refractivity contribution in [2.24, 2.45) is 0 Å². The Labute approximate surface area is 172 Å². The topological polar surface area (TPSA) is 51.6 Å². The predicted molar refractivity (Wildman–Crippen MR) is 118 cm³/mol. The van der Waals surface area contributed by atoms with Crippen LogP contribution in [-0.4, -0.2) is 19.9 Å². The van der Waals surface area contributed by atoms with Crippen LogP contribution in [-0.2, 0) is 0 Å². The van der Waals surface area contributed by atoms with E-state index in [0.717, 1.165) is 33.3 Å². The van der Waals surface area contributed by atoms with Gasteiger partial charge in [0.2, 0.25) is 0 Å². The average Bonchev–Trinajstić information content (AvgIpc) is 2.78. The fraction of sp³-hybridized carbons (Fsp3) is 0. The summed E-state index contributed by atoms with van der Waals surface area (Å²) in [6.07, 6.45) is 5.50. The highest BCUT2D eigenvalue weighted by Crippen LogP contribution is 2.28. The van der Waals surface area contributed by atoms with E-state index in [4.69, 9.17) is 21.6 Å². The molecule has 0 amide bonds. The number of rotatable bonds is 3. The molecule has 138 valence electrons. The lowest BCUT2D eigenvalue weighted by Crippen LogP contribution is -1.97. The van der Waals surface area contributed by atoms with Crippen molar-refractivity contribution >= 4 is 45.3 Å². The molecule has 1 aromatic carbocycles. The molecule has 5 heteroatoms. The molecule has 0 saturated carbocycles. The number of pyridine rings is 4. The van der Waals surface area contributed by atoms with Crippen molar-refractivity contribution in [3.05, 3.63) is 107 Å². The van der Waals surface area contributed by atoms with Gasteiger partial charge in [-0.05, 0) is 66.2 Å². The molecule has 0 N–H and O–H groups in total. The first-order valence-corrected chi connectivity index (χ1v) is 9.56. The highest BCUT2D eigenvalue weighted by molar-refractivity contribution is 6.32. The summed E-state index contributed by atoms with van der Waals surface area (Å²) < 4.78 is 0. The van der Waals surface area contributed by atoms with Gasteiger partial charge in [0.15, 0.2) is 11.3 Å². The molecule has 0 unspecified atom stereocenters. The van der Waals surface area contributed by atoms with E-state index in [1.807, 2.05) is 78.9 Å². The van der Waals surface area contributed by atoms with Crippen LogP contribution in [0, 0.1) is 0 Å². The SMILES string of the molecule is Clc1ccccc1C=C(c1ccc2cccnc2n1)c1ccc2cccnc2n1. The van der Waals surface area contributed by atoms with Gasteiger partial charge in [-0.15, -0.1) is 0 Å². The van der Waals surface area contributed by atoms with Crippen molar-refractivity contribution < 1.29 is 0 Å². The first kappa shape index (κ1) is 17.5. The van der Waals surface area contributed by atoms with E-state index in [1.165, 1.54) is 0 Å². The maximum Gasteiger partial charge on any atom is 0.159 e. The van der Waals surface area contributed by atoms with Gasteiger partial charge < -0.3 is 0 Å². The van der Waals surface area contributed by atoms with Crippen LogP contribution in [0.15, 0.2) is 85.2 Å². The normalized spacial score (nSPS) is 10.9. The Morgan fingerprint density at radius 2 is 1.24 bits per heavy atom. The first-order valence-electron chi connectivity index (χ1n) is 9.18. The quantitative estimate of drug-likeness (QED) is 0.387. The molecule has 0 aliphatic carbocycles. The molecule has 5 rings (SSSR count). The van der Waals surface area contributed by atoms with Gasteiger partial charge in [0, 0.05) is 33.8 Å². The summed E-state index contributed by atoms with van der Waals surface area (Å²) in [5, 5.41) is 2.64. The Morgan fingerprint density at radius 3 is 1.83 bits per heavy atom. The zero-order valence-corrected chi connectivity index (χ0v) is 16.1. The molecule has 4 heterocycles. The second-order valence-electron chi connectivity index (χ2n) is 6.57. The number of hydrogen-bond acceptors (Lipinski definition) is 4. The Morgan fingerprint density at radius 1 is 0.655 bits per heavy atom. The van der Waals surface area contributed by atoms with Crippen molar-refractivity contribution in [1.82, 2.24) is 19.9 Å². The van der Waals surface area contributed by atoms with Gasteiger partial charge in [0.1, 0.15) is 0 Å². The molecule has 0 spiro atoms. The summed E-state index contributed by atoms with van der Waals surface area (Å²) in [6, 6.07) is 23.5. The summed E-state index contributed by atoms with van der Waals surface area (Å²) in [4.78, 5) is 18.3. The molecule has 5 aromatic rings. The average molecular weight is 395 g/mol. The third-order valence-corrected chi connectivity index (χ3v) is 5.03. The van der Waals surface area contributed by atoms with E-state index < -0.39 is 0 Å². The van der Waals surface area contributed by atoms with Crippen molar-refractivity contribution in [3.8, 4) is 0 Å². The van der Waals surface area contributed by atoms with Gasteiger partial charge in [-0.2, -0.15) is 0 Å². The molecular weight excluding hydrogens is 380 g/mol. The standard InChI is InChI=1S/C24H15ClN4/c25-20-8-2-1-5-18(20)15-19(21-11-9-16-6-3-13-26-23(16)28-21)22-12-10-17-7-4-14-27-24(17)29-22/h1-15H. The van der Waals surface area contributed by atoms with E-state index in [1.54, 1.807) is 12.4 Å². The van der Waals surface area contributed by atoms with Gasteiger partial charge in [-0.3, -0.25) is 0 Å². The number of nitrogens with zero attached hydrogens (tertiary/aromatic N) is 4. The molecule has 4 aromatic heterocycles. The van der Waals surface area contributed by atoms with Crippen LogP contribution in [0.2, 0.25) is 5.02 Å². The highest BCUT2D eigenvalue weighted by Gasteiger charge is 2.12. The van der Waals surface area contributed by atoms with Crippen LogP contribution < -0.4 is 0 Å². The van der Waals surface area contributed by atoms with Gasteiger partial charge in [0.05, 0.1) is 11.4 Å². The lowest BCUT2D eigenvalue weighted by atomic mass is 10.0. The number of fused-ring (bicyclic) bond motifs is 2. The van der Waals surface area contributed by atoms with Gasteiger partial charge in [0.25, 0.3) is 0 Å². The summed E-state index contributed by atoms with van der Waals surface area (Å²) in [5.74, 6) is 0. The van der Waals surface area contributed by atoms with Crippen LogP contribution in [0.25, 0.3) is 33.7 Å². The number of hydrogen-bond donors (Lipinski definition) is 0. The fourth-order valence-electron chi connectivity index (χ4n) is 3.23. The summed E-state index contributed by atoms with van der Waals surface area (Å²) in [7, 11) is 0. The van der Waals surface area contributed by atoms with Crippen molar-refractivity contribution in [3.63, 3.8) is 0 Å². The number of benzene rings is 1. The predicted octanol–water partition coefficient (Wildman–Crippen LogP) is 5.82. The largest absolute Gasteiger partial charge is 0.237 e. The van der Waals surface area contributed by atoms with E-state index in [9.17, 15) is 0 Å². The molecule has 29 heavy (non-hydrogen) atoms. The molecule has 0 atom stereocenters. The second-order valence-corrected chi connectivity index (χ2v) is 6.98. The Balaban J connectivity index is 1.74. The summed E-state index contributed by atoms with van der Waals surface area (Å²) >= 11 is 6.42. The first-order chi connectivity index (χ1) is 14.3. The molecular formula is C24H15ClN4. The van der Waals surface area contributed by atoms with Crippen LogP contribution in [0.1, 0.15) is 17.0 Å². The Bertz CT molecular complexity index is 1300. The molecule has 0 saturated heterocycles. The zero-order chi connectivity index (χ0) is 19.6. The minimum absolute atomic E-state index is 0.669. The van der Waals surface area contributed by atoms with Crippen molar-refractivity contribution in [2.45, 2.75) is 0 Å². The summed E-state index contributed by atoms with van der Waals surface area (Å²) in [6.45, 7) is 0. The minimum atomic E-state index is 0.669. The van der Waals surface area contributed by atoms with Crippen molar-refractivity contribution in [1.29, 1.82) is 0 Å². The van der Waals surface area contributed by atoms with Gasteiger partial charge >= 0.3 is 0 Å². The molecule has 0 bridgehead atoms. The maximum absolute atomic E-state index is 6.42. The van der Waals surface area contributed by atoms with Crippen LogP contribution in [0.3, 0.4) is 0 Å². The lowest BCUT2D eigenvalue weighted by molar-refractivity contribution is 1.22. The number of halogens is 1. The summed E-state index contributed by atoms with van der Waals surface area (Å²) in [5.41, 5.74) is 4.69. The molecule has 0 radical (unpaired) electrons. The lowest BCUT2D eigenvalue weighted by Gasteiger charge is -2.10. The second kappa shape index (κ2) is 7.41. The Kier molecular flexibility index (Phi) is 4.47. The monoisotopic (exact) mass is 394 g/mol. The third kappa shape index (κ3) is 3.46. The molecule has 0 aliphatic heterocycles. The minimum Gasteiger partial charge on any atom is -0.237 e. The van der Waals surface area contributed by atoms with Gasteiger partial charge in [-0.1, -0.05) is 29.8 Å².